The summed E-state index contributed by atoms with van der Waals surface area (Å²) in [6, 6.07) is 0. The van der Waals surface area contributed by atoms with E-state index in [4.69, 9.17) is 4.55 Å². The second-order valence-electron chi connectivity index (χ2n) is 1.41. The van der Waals surface area contributed by atoms with E-state index in [0.29, 0.717) is 0 Å². The van der Waals surface area contributed by atoms with Crippen molar-refractivity contribution in [2.24, 2.45) is 0 Å². The summed E-state index contributed by atoms with van der Waals surface area (Å²) in [4.78, 5) is 0. The van der Waals surface area contributed by atoms with E-state index in [1.54, 1.807) is 0 Å². The van der Waals surface area contributed by atoms with Crippen molar-refractivity contribution in [3.8, 4) is 0 Å². The first kappa shape index (κ1) is 10.6. The van der Waals surface area contributed by atoms with Crippen LogP contribution in [-0.2, 0) is 22.5 Å². The molecule has 0 unspecified atom stereocenters. The van der Waals surface area contributed by atoms with Crippen LogP contribution >= 0.6 is 0 Å². The van der Waals surface area contributed by atoms with Crippen LogP contribution < -0.4 is 0 Å². The second kappa shape index (κ2) is 3.30. The van der Waals surface area contributed by atoms with E-state index in [0.717, 1.165) is 6.08 Å². The van der Waals surface area contributed by atoms with E-state index < -0.39 is 24.9 Å². The van der Waals surface area contributed by atoms with Gasteiger partial charge in [-0.05, 0) is 0 Å². The summed E-state index contributed by atoms with van der Waals surface area (Å²) in [5, 5.41) is 0. The Hall–Kier alpha value is -0.440. The van der Waals surface area contributed by atoms with Crippen molar-refractivity contribution in [1.82, 2.24) is 0 Å². The molecule has 0 aromatic heterocycles. The van der Waals surface area contributed by atoms with Crippen molar-refractivity contribution in [2.75, 3.05) is 6.61 Å². The normalized spacial score (nSPS) is 12.8. The third-order valence-electron chi connectivity index (χ3n) is 0.588. The highest BCUT2D eigenvalue weighted by Crippen LogP contribution is 2.01. The standard InChI is InChI=1S/C3H6O6S2/c1-2-3-9-11(7,8)10(4,5)6/h2H,1,3H2,(H,4,5,6). The van der Waals surface area contributed by atoms with Gasteiger partial charge in [-0.25, -0.2) is 0 Å². The molecule has 0 heterocycles. The van der Waals surface area contributed by atoms with E-state index >= 15 is 0 Å². The molecule has 0 fully saturated rings. The van der Waals surface area contributed by atoms with Crippen molar-refractivity contribution < 1.29 is 25.6 Å². The van der Waals surface area contributed by atoms with E-state index in [2.05, 4.69) is 10.8 Å². The molecule has 0 aromatic rings. The Morgan fingerprint density at radius 3 is 2.09 bits per heavy atom. The number of hydrogen-bond donors (Lipinski definition) is 1. The highest BCUT2D eigenvalue weighted by molar-refractivity contribution is 8.63. The molecular weight excluding hydrogens is 196 g/mol. The SMILES string of the molecule is C=CCOS(=O)(=O)S(=O)(=O)O. The molecule has 1 N–H and O–H groups in total. The first-order valence-corrected chi connectivity index (χ1v) is 5.65. The predicted octanol–water partition coefficient (Wildman–Crippen LogP) is -0.678. The predicted molar refractivity (Wildman–Crippen MR) is 36.6 cm³/mol. The quantitative estimate of drug-likeness (QED) is 0.368. The van der Waals surface area contributed by atoms with Crippen LogP contribution in [0, 0.1) is 0 Å². The highest BCUT2D eigenvalue weighted by atomic mass is 33.2. The maximum Gasteiger partial charge on any atom is 0.400 e. The van der Waals surface area contributed by atoms with Crippen LogP contribution in [0.15, 0.2) is 12.7 Å². The molecule has 0 saturated carbocycles. The molecule has 11 heavy (non-hydrogen) atoms. The van der Waals surface area contributed by atoms with Crippen LogP contribution in [0.3, 0.4) is 0 Å². The average Bonchev–Trinajstić information content (AvgIpc) is 1.81. The maximum atomic E-state index is 10.3. The van der Waals surface area contributed by atoms with E-state index in [1.165, 1.54) is 0 Å². The Bertz CT molecular complexity index is 321. The molecule has 0 bridgehead atoms. The Kier molecular flexibility index (Phi) is 3.17. The largest absolute Gasteiger partial charge is 0.400 e. The van der Waals surface area contributed by atoms with Crippen LogP contribution in [0.5, 0.6) is 0 Å². The number of rotatable bonds is 4. The van der Waals surface area contributed by atoms with E-state index in [1.807, 2.05) is 0 Å². The molecule has 0 atom stereocenters. The summed E-state index contributed by atoms with van der Waals surface area (Å²) >= 11 is 0. The minimum absolute atomic E-state index is 0.498. The molecule has 0 aromatic carbocycles. The Morgan fingerprint density at radius 1 is 1.36 bits per heavy atom. The topological polar surface area (TPSA) is 97.7 Å². The average molecular weight is 202 g/mol. The summed E-state index contributed by atoms with van der Waals surface area (Å²) in [6.07, 6.45) is 1.03. The summed E-state index contributed by atoms with van der Waals surface area (Å²) in [5.41, 5.74) is 0. The van der Waals surface area contributed by atoms with Crippen LogP contribution in [0.25, 0.3) is 0 Å². The van der Waals surface area contributed by atoms with Crippen molar-refractivity contribution in [2.45, 2.75) is 0 Å². The fourth-order valence-electron chi connectivity index (χ4n) is 0.192. The van der Waals surface area contributed by atoms with Gasteiger partial charge in [0.25, 0.3) is 0 Å². The van der Waals surface area contributed by atoms with Crippen molar-refractivity contribution in [3.63, 3.8) is 0 Å². The zero-order valence-electron chi connectivity index (χ0n) is 5.30. The van der Waals surface area contributed by atoms with Gasteiger partial charge in [0, 0.05) is 0 Å². The molecule has 0 saturated heterocycles. The summed E-state index contributed by atoms with van der Waals surface area (Å²) in [7, 11) is -10.1. The zero-order valence-corrected chi connectivity index (χ0v) is 6.93. The Balaban J connectivity index is 4.65. The molecule has 0 aliphatic carbocycles. The van der Waals surface area contributed by atoms with Crippen molar-refractivity contribution in [1.29, 1.82) is 0 Å². The van der Waals surface area contributed by atoms with Crippen LogP contribution in [-0.4, -0.2) is 28.0 Å². The molecule has 8 heteroatoms. The van der Waals surface area contributed by atoms with Gasteiger partial charge in [0.15, 0.2) is 0 Å². The van der Waals surface area contributed by atoms with Crippen molar-refractivity contribution >= 4 is 18.3 Å². The molecule has 66 valence electrons. The molecule has 0 aliphatic heterocycles. The van der Waals surface area contributed by atoms with E-state index in [9.17, 15) is 16.8 Å². The van der Waals surface area contributed by atoms with Gasteiger partial charge >= 0.3 is 18.3 Å². The van der Waals surface area contributed by atoms with Crippen molar-refractivity contribution in [3.05, 3.63) is 12.7 Å². The second-order valence-corrected chi connectivity index (χ2v) is 5.81. The van der Waals surface area contributed by atoms with Gasteiger partial charge in [0.05, 0.1) is 6.61 Å². The van der Waals surface area contributed by atoms with Gasteiger partial charge in [0.2, 0.25) is 0 Å². The maximum absolute atomic E-state index is 10.3. The first-order valence-electron chi connectivity index (χ1n) is 2.29. The fraction of sp³-hybridized carbons (Fsp3) is 0.333. The molecule has 0 aliphatic rings. The summed E-state index contributed by atoms with van der Waals surface area (Å²) in [5.74, 6) is 0. The first-order chi connectivity index (χ1) is 4.81. The van der Waals surface area contributed by atoms with Crippen LogP contribution in [0.4, 0.5) is 0 Å². The third-order valence-corrected chi connectivity index (χ3v) is 3.37. The van der Waals surface area contributed by atoms with Gasteiger partial charge in [-0.15, -0.1) is 6.58 Å². The third kappa shape index (κ3) is 2.97. The fourth-order valence-corrected chi connectivity index (χ4v) is 1.11. The van der Waals surface area contributed by atoms with Gasteiger partial charge < -0.3 is 0 Å². The Labute approximate surface area is 63.8 Å². The zero-order chi connectivity index (χ0) is 9.12. The molecular formula is C3H6O6S2. The molecule has 0 radical (unpaired) electrons. The molecule has 0 rings (SSSR count). The smallest absolute Gasteiger partial charge is 0.272 e. The monoisotopic (exact) mass is 202 g/mol. The van der Waals surface area contributed by atoms with Crippen LogP contribution in [0.2, 0.25) is 0 Å². The lowest BCUT2D eigenvalue weighted by atomic mass is 10.7. The van der Waals surface area contributed by atoms with Gasteiger partial charge in [-0.3, -0.25) is 8.74 Å². The summed E-state index contributed by atoms with van der Waals surface area (Å²) < 4.78 is 52.3. The summed E-state index contributed by atoms with van der Waals surface area (Å²) in [6.45, 7) is 2.58. The van der Waals surface area contributed by atoms with Crippen LogP contribution in [0.1, 0.15) is 0 Å². The Morgan fingerprint density at radius 2 is 1.82 bits per heavy atom. The minimum Gasteiger partial charge on any atom is -0.272 e. The van der Waals surface area contributed by atoms with Gasteiger partial charge in [-0.2, -0.15) is 16.8 Å². The molecule has 0 spiro atoms. The minimum atomic E-state index is -5.17. The van der Waals surface area contributed by atoms with Gasteiger partial charge in [0.1, 0.15) is 0 Å². The van der Waals surface area contributed by atoms with Gasteiger partial charge in [-0.1, -0.05) is 6.08 Å². The lowest BCUT2D eigenvalue weighted by Gasteiger charge is -1.96. The molecule has 0 amide bonds. The number of hydrogen-bond acceptors (Lipinski definition) is 5. The lowest BCUT2D eigenvalue weighted by molar-refractivity contribution is 0.361. The van der Waals surface area contributed by atoms with E-state index in [-0.39, 0.29) is 0 Å². The molecule has 6 nitrogen and oxygen atoms in total. The lowest BCUT2D eigenvalue weighted by Crippen LogP contribution is -2.17. The highest BCUT2D eigenvalue weighted by Gasteiger charge is 2.27.